The molecule has 0 saturated heterocycles. The molecule has 0 spiro atoms. The van der Waals surface area contributed by atoms with Gasteiger partial charge in [-0.05, 0) is 18.7 Å². The van der Waals surface area contributed by atoms with E-state index in [0.29, 0.717) is 10.6 Å². The SMILES string of the molecule is CCNCCc1nnc(-c2ccc(OC)c([N+](=O)[O-])c2)s1. The van der Waals surface area contributed by atoms with E-state index in [1.165, 1.54) is 24.5 Å². The van der Waals surface area contributed by atoms with Crippen LogP contribution in [0.1, 0.15) is 11.9 Å². The zero-order valence-corrected chi connectivity index (χ0v) is 12.6. The van der Waals surface area contributed by atoms with Crippen LogP contribution in [0.25, 0.3) is 10.6 Å². The predicted octanol–water partition coefficient (Wildman–Crippen LogP) is 2.27. The van der Waals surface area contributed by atoms with Gasteiger partial charge in [-0.1, -0.05) is 18.3 Å². The average molecular weight is 308 g/mol. The summed E-state index contributed by atoms with van der Waals surface area (Å²) in [5.41, 5.74) is 0.606. The second kappa shape index (κ2) is 7.09. The van der Waals surface area contributed by atoms with Crippen molar-refractivity contribution in [1.29, 1.82) is 0 Å². The van der Waals surface area contributed by atoms with Crippen molar-refractivity contribution in [2.75, 3.05) is 20.2 Å². The Balaban J connectivity index is 2.22. The van der Waals surface area contributed by atoms with Crippen LogP contribution in [-0.4, -0.2) is 35.3 Å². The number of nitrogens with zero attached hydrogens (tertiary/aromatic N) is 3. The highest BCUT2D eigenvalue weighted by Gasteiger charge is 2.17. The van der Waals surface area contributed by atoms with Crippen LogP contribution in [0.3, 0.4) is 0 Å². The Kier molecular flexibility index (Phi) is 5.18. The molecule has 7 nitrogen and oxygen atoms in total. The van der Waals surface area contributed by atoms with Crippen LogP contribution in [0, 0.1) is 10.1 Å². The maximum absolute atomic E-state index is 11.0. The van der Waals surface area contributed by atoms with E-state index in [1.807, 2.05) is 6.92 Å². The summed E-state index contributed by atoms with van der Waals surface area (Å²) in [6, 6.07) is 4.79. The number of benzene rings is 1. The Bertz CT molecular complexity index is 630. The molecule has 1 heterocycles. The first-order valence-electron chi connectivity index (χ1n) is 6.51. The van der Waals surface area contributed by atoms with Crippen LogP contribution in [0.5, 0.6) is 5.75 Å². The summed E-state index contributed by atoms with van der Waals surface area (Å²) >= 11 is 1.44. The van der Waals surface area contributed by atoms with E-state index in [1.54, 1.807) is 12.1 Å². The Hall–Kier alpha value is -2.06. The molecule has 0 aliphatic heterocycles. The normalized spacial score (nSPS) is 10.6. The summed E-state index contributed by atoms with van der Waals surface area (Å²) in [5.74, 6) is 0.237. The molecule has 1 aromatic heterocycles. The Morgan fingerprint density at radius 1 is 1.43 bits per heavy atom. The molecular formula is C13H16N4O3S. The minimum absolute atomic E-state index is 0.0700. The van der Waals surface area contributed by atoms with Crippen LogP contribution in [0.4, 0.5) is 5.69 Å². The number of nitrogens with one attached hydrogen (secondary N) is 1. The van der Waals surface area contributed by atoms with Crippen molar-refractivity contribution >= 4 is 17.0 Å². The van der Waals surface area contributed by atoms with Crippen molar-refractivity contribution in [1.82, 2.24) is 15.5 Å². The maximum atomic E-state index is 11.0. The topological polar surface area (TPSA) is 90.2 Å². The standard InChI is InChI=1S/C13H16N4O3S/c1-3-14-7-6-12-15-16-13(21-12)9-4-5-11(20-2)10(8-9)17(18)19/h4-5,8,14H,3,6-7H2,1-2H3. The summed E-state index contributed by atoms with van der Waals surface area (Å²) in [4.78, 5) is 10.6. The number of hydrogen-bond donors (Lipinski definition) is 1. The van der Waals surface area contributed by atoms with Crippen molar-refractivity contribution in [3.05, 3.63) is 33.3 Å². The molecule has 0 aliphatic carbocycles. The van der Waals surface area contributed by atoms with Crippen LogP contribution in [-0.2, 0) is 6.42 Å². The van der Waals surface area contributed by atoms with Crippen molar-refractivity contribution in [2.45, 2.75) is 13.3 Å². The van der Waals surface area contributed by atoms with E-state index in [4.69, 9.17) is 4.74 Å². The van der Waals surface area contributed by atoms with E-state index in [9.17, 15) is 10.1 Å². The molecular weight excluding hydrogens is 292 g/mol. The number of hydrogen-bond acceptors (Lipinski definition) is 7. The van der Waals surface area contributed by atoms with Crippen molar-refractivity contribution < 1.29 is 9.66 Å². The number of nitro groups is 1. The first kappa shape index (κ1) is 15.3. The van der Waals surface area contributed by atoms with Crippen molar-refractivity contribution in [2.24, 2.45) is 0 Å². The molecule has 112 valence electrons. The molecule has 0 fully saturated rings. The van der Waals surface area contributed by atoms with Gasteiger partial charge in [-0.3, -0.25) is 10.1 Å². The van der Waals surface area contributed by atoms with Crippen LogP contribution >= 0.6 is 11.3 Å². The molecule has 0 unspecified atom stereocenters. The highest BCUT2D eigenvalue weighted by molar-refractivity contribution is 7.14. The van der Waals surface area contributed by atoms with Crippen LogP contribution in [0.2, 0.25) is 0 Å². The van der Waals surface area contributed by atoms with E-state index in [0.717, 1.165) is 24.5 Å². The lowest BCUT2D eigenvalue weighted by molar-refractivity contribution is -0.385. The molecule has 0 radical (unpaired) electrons. The van der Waals surface area contributed by atoms with E-state index < -0.39 is 4.92 Å². The van der Waals surface area contributed by atoms with E-state index in [-0.39, 0.29) is 11.4 Å². The predicted molar refractivity (Wildman–Crippen MR) is 80.8 cm³/mol. The first-order valence-corrected chi connectivity index (χ1v) is 7.33. The summed E-state index contributed by atoms with van der Waals surface area (Å²) in [5, 5.41) is 24.0. The number of ether oxygens (including phenoxy) is 1. The lowest BCUT2D eigenvalue weighted by Crippen LogP contribution is -2.15. The van der Waals surface area contributed by atoms with Gasteiger partial charge in [-0.15, -0.1) is 10.2 Å². The van der Waals surface area contributed by atoms with Crippen molar-refractivity contribution in [3.63, 3.8) is 0 Å². The smallest absolute Gasteiger partial charge is 0.311 e. The Morgan fingerprint density at radius 2 is 2.24 bits per heavy atom. The minimum Gasteiger partial charge on any atom is -0.490 e. The van der Waals surface area contributed by atoms with Crippen LogP contribution in [0.15, 0.2) is 18.2 Å². The van der Waals surface area contributed by atoms with Gasteiger partial charge in [0.05, 0.1) is 12.0 Å². The molecule has 1 aromatic carbocycles. The average Bonchev–Trinajstić information content (AvgIpc) is 2.95. The highest BCUT2D eigenvalue weighted by atomic mass is 32.1. The molecule has 0 amide bonds. The molecule has 0 atom stereocenters. The number of likely N-dealkylation sites (N-methyl/N-ethyl adjacent to an activating group) is 1. The third-order valence-electron chi connectivity index (χ3n) is 2.85. The van der Waals surface area contributed by atoms with Gasteiger partial charge >= 0.3 is 5.69 Å². The van der Waals surface area contributed by atoms with Gasteiger partial charge in [0.2, 0.25) is 0 Å². The lowest BCUT2D eigenvalue weighted by Gasteiger charge is -2.02. The second-order valence-electron chi connectivity index (χ2n) is 4.25. The Morgan fingerprint density at radius 3 is 2.90 bits per heavy atom. The summed E-state index contributed by atoms with van der Waals surface area (Å²) < 4.78 is 4.99. The van der Waals surface area contributed by atoms with Crippen LogP contribution < -0.4 is 10.1 Å². The molecule has 21 heavy (non-hydrogen) atoms. The van der Waals surface area contributed by atoms with Gasteiger partial charge in [-0.2, -0.15) is 0 Å². The van der Waals surface area contributed by atoms with Gasteiger partial charge in [-0.25, -0.2) is 0 Å². The zero-order chi connectivity index (χ0) is 15.2. The molecule has 1 N–H and O–H groups in total. The van der Waals surface area contributed by atoms with E-state index >= 15 is 0 Å². The van der Waals surface area contributed by atoms with Gasteiger partial charge in [0.1, 0.15) is 10.0 Å². The lowest BCUT2D eigenvalue weighted by atomic mass is 10.2. The summed E-state index contributed by atoms with van der Waals surface area (Å²) in [6.07, 6.45) is 0.795. The first-order chi connectivity index (χ1) is 10.2. The maximum Gasteiger partial charge on any atom is 0.311 e. The Labute approximate surface area is 126 Å². The summed E-state index contributed by atoms with van der Waals surface area (Å²) in [7, 11) is 1.41. The fourth-order valence-corrected chi connectivity index (χ4v) is 2.64. The molecule has 2 rings (SSSR count). The molecule has 2 aromatic rings. The van der Waals surface area contributed by atoms with Gasteiger partial charge in [0, 0.05) is 24.6 Å². The fourth-order valence-electron chi connectivity index (χ4n) is 1.81. The zero-order valence-electron chi connectivity index (χ0n) is 11.8. The van der Waals surface area contributed by atoms with Gasteiger partial charge in [0.15, 0.2) is 5.75 Å². The highest BCUT2D eigenvalue weighted by Crippen LogP contribution is 2.33. The molecule has 8 heteroatoms. The molecule has 0 saturated carbocycles. The fraction of sp³-hybridized carbons (Fsp3) is 0.385. The third-order valence-corrected chi connectivity index (χ3v) is 3.89. The summed E-state index contributed by atoms with van der Waals surface area (Å²) in [6.45, 7) is 3.80. The van der Waals surface area contributed by atoms with E-state index in [2.05, 4.69) is 15.5 Å². The quantitative estimate of drug-likeness (QED) is 0.479. The number of rotatable bonds is 7. The number of methoxy groups -OCH3 is 1. The largest absolute Gasteiger partial charge is 0.490 e. The van der Waals surface area contributed by atoms with Gasteiger partial charge < -0.3 is 10.1 Å². The van der Waals surface area contributed by atoms with Crippen molar-refractivity contribution in [3.8, 4) is 16.3 Å². The molecule has 0 aliphatic rings. The number of nitro benzene ring substituents is 1. The van der Waals surface area contributed by atoms with Gasteiger partial charge in [0.25, 0.3) is 0 Å². The monoisotopic (exact) mass is 308 g/mol. The minimum atomic E-state index is -0.463. The molecule has 0 bridgehead atoms. The third kappa shape index (κ3) is 3.73. The second-order valence-corrected chi connectivity index (χ2v) is 5.31. The number of aromatic nitrogens is 2.